The van der Waals surface area contributed by atoms with Crippen LogP contribution in [0.5, 0.6) is 0 Å². The predicted octanol–water partition coefficient (Wildman–Crippen LogP) is 2.81. The molecule has 2 N–H and O–H groups in total. The lowest BCUT2D eigenvalue weighted by Gasteiger charge is -2.36. The molecule has 11 heteroatoms. The van der Waals surface area contributed by atoms with E-state index in [1.807, 2.05) is 6.07 Å². The summed E-state index contributed by atoms with van der Waals surface area (Å²) in [6, 6.07) is 3.37. The molecular formula is C17H28Cl3F2N5O. The Balaban J connectivity index is 0.00000243. The van der Waals surface area contributed by atoms with Crippen molar-refractivity contribution in [2.75, 3.05) is 43.9 Å². The van der Waals surface area contributed by atoms with Crippen LogP contribution in [0.4, 0.5) is 20.3 Å². The summed E-state index contributed by atoms with van der Waals surface area (Å²) in [6.07, 6.45) is 3.46. The Morgan fingerprint density at radius 2 is 1.89 bits per heavy atom. The zero-order chi connectivity index (χ0) is 18.0. The quantitative estimate of drug-likeness (QED) is 0.720. The molecule has 2 aliphatic rings. The van der Waals surface area contributed by atoms with Gasteiger partial charge in [-0.15, -0.1) is 37.2 Å². The first kappa shape index (κ1) is 27.1. The number of aromatic nitrogens is 1. The van der Waals surface area contributed by atoms with Gasteiger partial charge in [0.05, 0.1) is 24.5 Å². The SMILES string of the molecule is CN(C)C1CCN(c2ccc(NC(=O)C3CC(F)(F)CN3)nc2)CC1.Cl.Cl.Cl. The van der Waals surface area contributed by atoms with Crippen LogP contribution in [0.2, 0.25) is 0 Å². The molecular weight excluding hydrogens is 435 g/mol. The third kappa shape index (κ3) is 6.84. The van der Waals surface area contributed by atoms with Crippen molar-refractivity contribution in [3.8, 4) is 0 Å². The van der Waals surface area contributed by atoms with Crippen LogP contribution in [0.15, 0.2) is 18.3 Å². The number of hydrogen-bond acceptors (Lipinski definition) is 5. The number of pyridine rings is 1. The molecule has 0 bridgehead atoms. The number of amides is 1. The maximum Gasteiger partial charge on any atom is 0.262 e. The van der Waals surface area contributed by atoms with E-state index in [1.165, 1.54) is 0 Å². The van der Waals surface area contributed by atoms with E-state index in [4.69, 9.17) is 0 Å². The van der Waals surface area contributed by atoms with Crippen molar-refractivity contribution in [2.45, 2.75) is 37.3 Å². The van der Waals surface area contributed by atoms with E-state index in [0.717, 1.165) is 31.6 Å². The zero-order valence-corrected chi connectivity index (χ0v) is 18.3. The number of alkyl halides is 2. The van der Waals surface area contributed by atoms with Crippen molar-refractivity contribution in [1.82, 2.24) is 15.2 Å². The Bertz CT molecular complexity index is 613. The molecule has 1 aromatic heterocycles. The van der Waals surface area contributed by atoms with E-state index in [1.54, 1.807) is 12.3 Å². The van der Waals surface area contributed by atoms with Crippen molar-refractivity contribution >= 4 is 54.6 Å². The lowest BCUT2D eigenvalue weighted by atomic mass is 10.0. The summed E-state index contributed by atoms with van der Waals surface area (Å²) in [7, 11) is 4.21. The van der Waals surface area contributed by atoms with Crippen LogP contribution in [0.3, 0.4) is 0 Å². The van der Waals surface area contributed by atoms with Crippen molar-refractivity contribution in [3.05, 3.63) is 18.3 Å². The molecule has 1 aromatic rings. The van der Waals surface area contributed by atoms with E-state index in [0.29, 0.717) is 11.9 Å². The first-order valence-electron chi connectivity index (χ1n) is 8.63. The van der Waals surface area contributed by atoms with Gasteiger partial charge in [0.15, 0.2) is 0 Å². The minimum atomic E-state index is -2.82. The molecule has 0 spiro atoms. The summed E-state index contributed by atoms with van der Waals surface area (Å²) in [4.78, 5) is 20.8. The average molecular weight is 463 g/mol. The molecule has 2 saturated heterocycles. The number of nitrogens with zero attached hydrogens (tertiary/aromatic N) is 3. The number of halogens is 5. The first-order chi connectivity index (χ1) is 11.8. The Labute approximate surface area is 183 Å². The third-order valence-corrected chi connectivity index (χ3v) is 4.99. The number of carbonyl (C=O) groups excluding carboxylic acids is 1. The monoisotopic (exact) mass is 461 g/mol. The van der Waals surface area contributed by atoms with Crippen molar-refractivity contribution in [3.63, 3.8) is 0 Å². The van der Waals surface area contributed by atoms with E-state index in [2.05, 4.69) is 39.5 Å². The minimum absolute atomic E-state index is 0. The lowest BCUT2D eigenvalue weighted by Crippen LogP contribution is -2.42. The fourth-order valence-corrected chi connectivity index (χ4v) is 3.40. The van der Waals surface area contributed by atoms with Gasteiger partial charge in [-0.2, -0.15) is 0 Å². The van der Waals surface area contributed by atoms with Gasteiger partial charge in [-0.05, 0) is 39.1 Å². The highest BCUT2D eigenvalue weighted by atomic mass is 35.5. The second kappa shape index (κ2) is 11.3. The van der Waals surface area contributed by atoms with E-state index in [-0.39, 0.29) is 37.2 Å². The standard InChI is InChI=1S/C17H25F2N5O.3ClH/c1-23(2)12-5-7-24(8-6-12)13-3-4-15(20-10-13)22-16(25)14-9-17(18,19)11-21-14;;;/h3-4,10,12,14,21H,5-9,11H2,1-2H3,(H,20,22,25);3*1H. The smallest absolute Gasteiger partial charge is 0.262 e. The lowest BCUT2D eigenvalue weighted by molar-refractivity contribution is -0.118. The average Bonchev–Trinajstić information content (AvgIpc) is 2.96. The predicted molar refractivity (Wildman–Crippen MR) is 115 cm³/mol. The summed E-state index contributed by atoms with van der Waals surface area (Å²) < 4.78 is 26.3. The fourth-order valence-electron chi connectivity index (χ4n) is 3.40. The molecule has 1 atom stereocenters. The van der Waals surface area contributed by atoms with Crippen LogP contribution in [0.25, 0.3) is 0 Å². The molecule has 28 heavy (non-hydrogen) atoms. The van der Waals surface area contributed by atoms with Gasteiger partial charge < -0.3 is 15.1 Å². The number of anilines is 2. The summed E-state index contributed by atoms with van der Waals surface area (Å²) >= 11 is 0. The Kier molecular flexibility index (Phi) is 10.9. The molecule has 6 nitrogen and oxygen atoms in total. The van der Waals surface area contributed by atoms with Crippen LogP contribution in [-0.4, -0.2) is 67.5 Å². The van der Waals surface area contributed by atoms with Gasteiger partial charge in [-0.25, -0.2) is 13.8 Å². The Morgan fingerprint density at radius 3 is 2.36 bits per heavy atom. The number of piperidine rings is 1. The molecule has 0 aliphatic carbocycles. The number of carbonyl (C=O) groups is 1. The number of rotatable bonds is 4. The normalized spacial score (nSPS) is 21.3. The molecule has 162 valence electrons. The molecule has 2 fully saturated rings. The van der Waals surface area contributed by atoms with Crippen LogP contribution >= 0.6 is 37.2 Å². The van der Waals surface area contributed by atoms with Crippen LogP contribution < -0.4 is 15.5 Å². The molecule has 1 amide bonds. The number of hydrogen-bond donors (Lipinski definition) is 2. The molecule has 2 aliphatic heterocycles. The summed E-state index contributed by atoms with van der Waals surface area (Å²) in [5.74, 6) is -2.91. The van der Waals surface area contributed by atoms with Crippen molar-refractivity contribution in [2.24, 2.45) is 0 Å². The second-order valence-electron chi connectivity index (χ2n) is 7.07. The van der Waals surface area contributed by atoms with Gasteiger partial charge in [-0.3, -0.25) is 10.1 Å². The van der Waals surface area contributed by atoms with Gasteiger partial charge in [0, 0.05) is 25.6 Å². The fraction of sp³-hybridized carbons (Fsp3) is 0.647. The van der Waals surface area contributed by atoms with Crippen molar-refractivity contribution < 1.29 is 13.6 Å². The maximum absolute atomic E-state index is 13.2. The zero-order valence-electron chi connectivity index (χ0n) is 15.9. The van der Waals surface area contributed by atoms with Gasteiger partial charge in [-0.1, -0.05) is 0 Å². The van der Waals surface area contributed by atoms with E-state index in [9.17, 15) is 13.6 Å². The van der Waals surface area contributed by atoms with E-state index < -0.39 is 30.8 Å². The van der Waals surface area contributed by atoms with Crippen LogP contribution in [0.1, 0.15) is 19.3 Å². The molecule has 0 aromatic carbocycles. The molecule has 1 unspecified atom stereocenters. The topological polar surface area (TPSA) is 60.5 Å². The van der Waals surface area contributed by atoms with Gasteiger partial charge in [0.1, 0.15) is 5.82 Å². The third-order valence-electron chi connectivity index (χ3n) is 4.99. The molecule has 3 rings (SSSR count). The summed E-state index contributed by atoms with van der Waals surface area (Å²) in [5, 5.41) is 5.14. The first-order valence-corrected chi connectivity index (χ1v) is 8.63. The van der Waals surface area contributed by atoms with Gasteiger partial charge in [0.25, 0.3) is 5.92 Å². The van der Waals surface area contributed by atoms with Gasteiger partial charge in [0.2, 0.25) is 5.91 Å². The maximum atomic E-state index is 13.2. The van der Waals surface area contributed by atoms with Crippen LogP contribution in [-0.2, 0) is 4.79 Å². The molecule has 0 radical (unpaired) electrons. The Morgan fingerprint density at radius 1 is 1.25 bits per heavy atom. The van der Waals surface area contributed by atoms with E-state index >= 15 is 0 Å². The highest BCUT2D eigenvalue weighted by Gasteiger charge is 2.42. The number of nitrogens with one attached hydrogen (secondary N) is 2. The molecule has 3 heterocycles. The summed E-state index contributed by atoms with van der Waals surface area (Å²) in [6.45, 7) is 1.48. The highest BCUT2D eigenvalue weighted by molar-refractivity contribution is 5.94. The van der Waals surface area contributed by atoms with Gasteiger partial charge >= 0.3 is 0 Å². The largest absolute Gasteiger partial charge is 0.370 e. The van der Waals surface area contributed by atoms with Crippen LogP contribution in [0, 0.1) is 0 Å². The second-order valence-corrected chi connectivity index (χ2v) is 7.07. The van der Waals surface area contributed by atoms with Crippen molar-refractivity contribution in [1.29, 1.82) is 0 Å². The highest BCUT2D eigenvalue weighted by Crippen LogP contribution is 2.26. The molecule has 0 saturated carbocycles. The Hall–Kier alpha value is -0.930. The summed E-state index contributed by atoms with van der Waals surface area (Å²) in [5.41, 5.74) is 1.01. The minimum Gasteiger partial charge on any atom is -0.370 e.